The van der Waals surface area contributed by atoms with Gasteiger partial charge in [-0.1, -0.05) is 0 Å². The van der Waals surface area contributed by atoms with Crippen molar-refractivity contribution in [1.82, 2.24) is 5.43 Å². The Morgan fingerprint density at radius 1 is 1.47 bits per heavy atom. The van der Waals surface area contributed by atoms with E-state index in [0.29, 0.717) is 24.8 Å². The fourth-order valence-electron chi connectivity index (χ4n) is 1.32. The maximum Gasteiger partial charge on any atom is 0.210 e. The van der Waals surface area contributed by atoms with E-state index >= 15 is 0 Å². The second kappa shape index (κ2) is 6.82. The molecule has 0 aliphatic heterocycles. The maximum atomic E-state index is 13.1. The van der Waals surface area contributed by atoms with E-state index in [1.165, 1.54) is 12.1 Å². The molecule has 0 spiro atoms. The number of aliphatic imine (C=N–C) groups is 1. The SMILES string of the molecule is COCCN=C(NN)Nc1cc(C)cc(F)c1. The third kappa shape index (κ3) is 4.80. The van der Waals surface area contributed by atoms with Crippen molar-refractivity contribution in [1.29, 1.82) is 0 Å². The molecule has 0 radical (unpaired) electrons. The van der Waals surface area contributed by atoms with Crippen LogP contribution in [0.4, 0.5) is 10.1 Å². The van der Waals surface area contributed by atoms with Gasteiger partial charge in [-0.15, -0.1) is 0 Å². The van der Waals surface area contributed by atoms with E-state index in [2.05, 4.69) is 15.7 Å². The average molecular weight is 240 g/mol. The summed E-state index contributed by atoms with van der Waals surface area (Å²) in [4.78, 5) is 4.11. The van der Waals surface area contributed by atoms with Gasteiger partial charge in [-0.2, -0.15) is 0 Å². The van der Waals surface area contributed by atoms with Crippen LogP contribution in [0, 0.1) is 12.7 Å². The van der Waals surface area contributed by atoms with Gasteiger partial charge in [0.05, 0.1) is 13.2 Å². The first kappa shape index (κ1) is 13.4. The van der Waals surface area contributed by atoms with Crippen molar-refractivity contribution in [2.45, 2.75) is 6.92 Å². The second-order valence-electron chi connectivity index (χ2n) is 3.51. The molecule has 0 amide bonds. The van der Waals surface area contributed by atoms with E-state index in [1.807, 2.05) is 6.92 Å². The lowest BCUT2D eigenvalue weighted by Gasteiger charge is -2.10. The normalized spacial score (nSPS) is 11.4. The topological polar surface area (TPSA) is 71.7 Å². The number of halogens is 1. The summed E-state index contributed by atoms with van der Waals surface area (Å²) in [6.45, 7) is 2.78. The molecule has 0 aliphatic carbocycles. The second-order valence-corrected chi connectivity index (χ2v) is 3.51. The van der Waals surface area contributed by atoms with Gasteiger partial charge in [0.2, 0.25) is 5.96 Å². The van der Waals surface area contributed by atoms with Crippen LogP contribution in [-0.2, 0) is 4.74 Å². The first-order valence-electron chi connectivity index (χ1n) is 5.20. The Labute approximate surface area is 99.8 Å². The molecule has 0 atom stereocenters. The zero-order valence-electron chi connectivity index (χ0n) is 9.96. The van der Waals surface area contributed by atoms with Crippen molar-refractivity contribution in [3.8, 4) is 0 Å². The summed E-state index contributed by atoms with van der Waals surface area (Å²) in [5, 5.41) is 2.89. The molecule has 0 heterocycles. The third-order valence-electron chi connectivity index (χ3n) is 2.01. The van der Waals surface area contributed by atoms with Crippen LogP contribution in [0.1, 0.15) is 5.56 Å². The van der Waals surface area contributed by atoms with E-state index in [-0.39, 0.29) is 5.82 Å². The zero-order valence-corrected chi connectivity index (χ0v) is 9.96. The molecule has 0 saturated heterocycles. The number of benzene rings is 1. The van der Waals surface area contributed by atoms with Gasteiger partial charge in [-0.05, 0) is 30.7 Å². The van der Waals surface area contributed by atoms with Crippen molar-refractivity contribution in [3.05, 3.63) is 29.6 Å². The number of ether oxygens (including phenoxy) is 1. The number of nitrogens with zero attached hydrogens (tertiary/aromatic N) is 1. The zero-order chi connectivity index (χ0) is 12.7. The van der Waals surface area contributed by atoms with E-state index in [1.54, 1.807) is 13.2 Å². The van der Waals surface area contributed by atoms with Crippen LogP contribution >= 0.6 is 0 Å². The van der Waals surface area contributed by atoms with Crippen molar-refractivity contribution < 1.29 is 9.13 Å². The predicted molar refractivity (Wildman–Crippen MR) is 66.3 cm³/mol. The van der Waals surface area contributed by atoms with Gasteiger partial charge in [0, 0.05) is 12.8 Å². The molecule has 5 nitrogen and oxygen atoms in total. The Bertz CT molecular complexity index is 375. The van der Waals surface area contributed by atoms with E-state index < -0.39 is 0 Å². The standard InChI is InChI=1S/C11H17FN4O/c1-8-5-9(12)7-10(6-8)15-11(16-13)14-3-4-17-2/h5-7H,3-4,13H2,1-2H3,(H2,14,15,16). The molecule has 0 unspecified atom stereocenters. The van der Waals surface area contributed by atoms with Crippen LogP contribution in [0.25, 0.3) is 0 Å². The average Bonchev–Trinajstić information content (AvgIpc) is 2.26. The van der Waals surface area contributed by atoms with Gasteiger partial charge in [0.1, 0.15) is 5.82 Å². The first-order chi connectivity index (χ1) is 8.15. The fourth-order valence-corrected chi connectivity index (χ4v) is 1.32. The highest BCUT2D eigenvalue weighted by Crippen LogP contribution is 2.12. The molecule has 1 aromatic rings. The van der Waals surface area contributed by atoms with Crippen molar-refractivity contribution >= 4 is 11.6 Å². The summed E-state index contributed by atoms with van der Waals surface area (Å²) < 4.78 is 18.0. The van der Waals surface area contributed by atoms with Gasteiger partial charge in [-0.3, -0.25) is 5.43 Å². The Balaban J connectivity index is 2.69. The predicted octanol–water partition coefficient (Wildman–Crippen LogP) is 1.01. The number of hydrogen-bond acceptors (Lipinski definition) is 3. The lowest BCUT2D eigenvalue weighted by atomic mass is 10.2. The van der Waals surface area contributed by atoms with Crippen LogP contribution in [0.15, 0.2) is 23.2 Å². The summed E-state index contributed by atoms with van der Waals surface area (Å²) in [7, 11) is 1.59. The fraction of sp³-hybridized carbons (Fsp3) is 0.364. The Kier molecular flexibility index (Phi) is 5.38. The molecular formula is C11H17FN4O. The number of aryl methyl sites for hydroxylation is 1. The number of anilines is 1. The molecular weight excluding hydrogens is 223 g/mol. The van der Waals surface area contributed by atoms with Gasteiger partial charge in [0.15, 0.2) is 0 Å². The number of guanidine groups is 1. The van der Waals surface area contributed by atoms with Crippen molar-refractivity contribution in [2.75, 3.05) is 25.6 Å². The molecule has 94 valence electrons. The largest absolute Gasteiger partial charge is 0.383 e. The van der Waals surface area contributed by atoms with Gasteiger partial charge < -0.3 is 10.1 Å². The Hall–Kier alpha value is -1.66. The van der Waals surface area contributed by atoms with Crippen LogP contribution in [0.5, 0.6) is 0 Å². The molecule has 0 aromatic heterocycles. The minimum absolute atomic E-state index is 0.305. The Morgan fingerprint density at radius 2 is 2.24 bits per heavy atom. The highest BCUT2D eigenvalue weighted by Gasteiger charge is 2.00. The minimum Gasteiger partial charge on any atom is -0.383 e. The van der Waals surface area contributed by atoms with Crippen LogP contribution in [-0.4, -0.2) is 26.2 Å². The van der Waals surface area contributed by atoms with Crippen LogP contribution in [0.3, 0.4) is 0 Å². The molecule has 17 heavy (non-hydrogen) atoms. The van der Waals surface area contributed by atoms with Crippen molar-refractivity contribution in [2.24, 2.45) is 10.8 Å². The molecule has 0 bridgehead atoms. The molecule has 1 rings (SSSR count). The van der Waals surface area contributed by atoms with Crippen molar-refractivity contribution in [3.63, 3.8) is 0 Å². The van der Waals surface area contributed by atoms with Crippen LogP contribution < -0.4 is 16.6 Å². The molecule has 6 heteroatoms. The summed E-state index contributed by atoms with van der Waals surface area (Å²) in [5.74, 6) is 5.36. The lowest BCUT2D eigenvalue weighted by Crippen LogP contribution is -2.36. The number of methoxy groups -OCH3 is 1. The van der Waals surface area contributed by atoms with Gasteiger partial charge >= 0.3 is 0 Å². The van der Waals surface area contributed by atoms with E-state index in [0.717, 1.165) is 5.56 Å². The number of hydrazine groups is 1. The molecule has 0 saturated carbocycles. The van der Waals surface area contributed by atoms with Gasteiger partial charge in [-0.25, -0.2) is 15.2 Å². The molecule has 1 aromatic carbocycles. The highest BCUT2D eigenvalue weighted by atomic mass is 19.1. The molecule has 0 aliphatic rings. The number of nitrogens with two attached hydrogens (primary N) is 1. The number of nitrogens with one attached hydrogen (secondary N) is 2. The minimum atomic E-state index is -0.305. The first-order valence-corrected chi connectivity index (χ1v) is 5.20. The monoisotopic (exact) mass is 240 g/mol. The highest BCUT2D eigenvalue weighted by molar-refractivity contribution is 5.93. The van der Waals surface area contributed by atoms with Gasteiger partial charge in [0.25, 0.3) is 0 Å². The maximum absolute atomic E-state index is 13.1. The van der Waals surface area contributed by atoms with E-state index in [9.17, 15) is 4.39 Å². The number of rotatable bonds is 4. The summed E-state index contributed by atoms with van der Waals surface area (Å²) in [5.41, 5.74) is 3.82. The molecule has 4 N–H and O–H groups in total. The third-order valence-corrected chi connectivity index (χ3v) is 2.01. The summed E-state index contributed by atoms with van der Waals surface area (Å²) in [6.07, 6.45) is 0. The van der Waals surface area contributed by atoms with E-state index in [4.69, 9.17) is 10.6 Å². The lowest BCUT2D eigenvalue weighted by molar-refractivity contribution is 0.208. The smallest absolute Gasteiger partial charge is 0.210 e. The quantitative estimate of drug-likeness (QED) is 0.241. The molecule has 0 fully saturated rings. The number of hydrogen-bond donors (Lipinski definition) is 3. The Morgan fingerprint density at radius 3 is 2.82 bits per heavy atom. The van der Waals surface area contributed by atoms with Crippen LogP contribution in [0.2, 0.25) is 0 Å². The summed E-state index contributed by atoms with van der Waals surface area (Å²) >= 11 is 0. The summed E-state index contributed by atoms with van der Waals surface area (Å²) in [6, 6.07) is 4.62.